The highest BCUT2D eigenvalue weighted by Gasteiger charge is 2.20. The first-order chi connectivity index (χ1) is 9.10. The molecule has 0 unspecified atom stereocenters. The van der Waals surface area contributed by atoms with Crippen molar-refractivity contribution in [1.82, 2.24) is 9.88 Å². The van der Waals surface area contributed by atoms with Crippen LogP contribution in [0.25, 0.3) is 0 Å². The summed E-state index contributed by atoms with van der Waals surface area (Å²) in [6, 6.07) is 2.02. The van der Waals surface area contributed by atoms with E-state index in [-0.39, 0.29) is 0 Å². The normalized spacial score (nSPS) is 17.2. The zero-order chi connectivity index (χ0) is 13.8. The highest BCUT2D eigenvalue weighted by atomic mass is 35.5. The average Bonchev–Trinajstić information content (AvgIpc) is 2.40. The van der Waals surface area contributed by atoms with Crippen LogP contribution in [0, 0.1) is 5.92 Å². The molecule has 2 heterocycles. The molecule has 0 atom stereocenters. The van der Waals surface area contributed by atoms with Crippen LogP contribution in [0.2, 0.25) is 5.02 Å². The Bertz CT molecular complexity index is 414. The lowest BCUT2D eigenvalue weighted by atomic mass is 9.96. The third kappa shape index (κ3) is 3.81. The van der Waals surface area contributed by atoms with Crippen molar-refractivity contribution < 1.29 is 0 Å². The first-order valence-electron chi connectivity index (χ1n) is 6.84. The second-order valence-corrected chi connectivity index (χ2v) is 5.94. The van der Waals surface area contributed by atoms with E-state index in [2.05, 4.69) is 28.9 Å². The Morgan fingerprint density at radius 1 is 1.42 bits per heavy atom. The Kier molecular flexibility index (Phi) is 5.02. The van der Waals surface area contributed by atoms with Crippen molar-refractivity contribution in [2.45, 2.75) is 19.4 Å². The number of aromatic nitrogens is 1. The summed E-state index contributed by atoms with van der Waals surface area (Å²) in [6.45, 7) is 3.77. The summed E-state index contributed by atoms with van der Waals surface area (Å²) >= 11 is 6.05. The van der Waals surface area contributed by atoms with Crippen LogP contribution in [0.15, 0.2) is 12.3 Å². The first-order valence-corrected chi connectivity index (χ1v) is 7.22. The van der Waals surface area contributed by atoms with E-state index in [1.54, 1.807) is 6.20 Å². The maximum atomic E-state index is 6.05. The van der Waals surface area contributed by atoms with Crippen molar-refractivity contribution in [3.05, 3.63) is 22.8 Å². The van der Waals surface area contributed by atoms with Gasteiger partial charge in [0.1, 0.15) is 5.82 Å². The zero-order valence-corrected chi connectivity index (χ0v) is 12.5. The number of halogens is 1. The number of nitrogens with two attached hydrogens (primary N) is 1. The second kappa shape index (κ2) is 6.55. The molecule has 2 N–H and O–H groups in total. The van der Waals surface area contributed by atoms with Crippen LogP contribution in [-0.4, -0.2) is 43.6 Å². The van der Waals surface area contributed by atoms with Crippen LogP contribution in [0.3, 0.4) is 0 Å². The summed E-state index contributed by atoms with van der Waals surface area (Å²) < 4.78 is 0. The number of anilines is 1. The topological polar surface area (TPSA) is 45.4 Å². The lowest BCUT2D eigenvalue weighted by Gasteiger charge is -2.34. The highest BCUT2D eigenvalue weighted by Crippen LogP contribution is 2.25. The smallest absolute Gasteiger partial charge is 0.128 e. The molecule has 0 aromatic carbocycles. The Hall–Kier alpha value is -0.840. The molecule has 1 saturated heterocycles. The van der Waals surface area contributed by atoms with Crippen molar-refractivity contribution >= 4 is 17.4 Å². The molecule has 0 radical (unpaired) electrons. The molecule has 0 bridgehead atoms. The molecule has 0 aliphatic carbocycles. The molecule has 0 spiro atoms. The summed E-state index contributed by atoms with van der Waals surface area (Å²) in [7, 11) is 4.28. The van der Waals surface area contributed by atoms with E-state index in [4.69, 9.17) is 17.3 Å². The predicted octanol–water partition coefficient (Wildman–Crippen LogP) is 1.97. The van der Waals surface area contributed by atoms with E-state index < -0.39 is 0 Å². The van der Waals surface area contributed by atoms with Crippen molar-refractivity contribution in [3.8, 4) is 0 Å². The lowest BCUT2D eigenvalue weighted by molar-refractivity contribution is 0.284. The minimum Gasteiger partial charge on any atom is -0.357 e. The molecule has 1 aromatic heterocycles. The summed E-state index contributed by atoms with van der Waals surface area (Å²) in [5.41, 5.74) is 6.66. The van der Waals surface area contributed by atoms with E-state index >= 15 is 0 Å². The van der Waals surface area contributed by atoms with Gasteiger partial charge in [0.25, 0.3) is 0 Å². The first kappa shape index (κ1) is 14.6. The molecule has 1 aromatic rings. The number of nitrogens with zero attached hydrogens (tertiary/aromatic N) is 3. The SMILES string of the molecule is CN(C)CC1CCN(c2cc(CN)c(Cl)cn2)CC1. The lowest BCUT2D eigenvalue weighted by Crippen LogP contribution is -2.37. The fourth-order valence-electron chi connectivity index (χ4n) is 2.66. The Labute approximate surface area is 120 Å². The van der Waals surface area contributed by atoms with Gasteiger partial charge in [-0.2, -0.15) is 0 Å². The summed E-state index contributed by atoms with van der Waals surface area (Å²) in [5.74, 6) is 1.81. The fraction of sp³-hybridized carbons (Fsp3) is 0.643. The largest absolute Gasteiger partial charge is 0.357 e. The molecular formula is C14H23ClN4. The zero-order valence-electron chi connectivity index (χ0n) is 11.8. The maximum Gasteiger partial charge on any atom is 0.128 e. The quantitative estimate of drug-likeness (QED) is 0.917. The number of rotatable bonds is 4. The van der Waals surface area contributed by atoms with E-state index in [1.807, 2.05) is 6.07 Å². The van der Waals surface area contributed by atoms with Crippen LogP contribution in [0.4, 0.5) is 5.82 Å². The van der Waals surface area contributed by atoms with Gasteiger partial charge in [0.15, 0.2) is 0 Å². The molecule has 19 heavy (non-hydrogen) atoms. The monoisotopic (exact) mass is 282 g/mol. The van der Waals surface area contributed by atoms with Crippen LogP contribution in [0.1, 0.15) is 18.4 Å². The molecular weight excluding hydrogens is 260 g/mol. The van der Waals surface area contributed by atoms with E-state index in [0.717, 1.165) is 30.4 Å². The molecule has 5 heteroatoms. The Morgan fingerprint density at radius 3 is 2.68 bits per heavy atom. The van der Waals surface area contributed by atoms with Gasteiger partial charge in [-0.15, -0.1) is 0 Å². The van der Waals surface area contributed by atoms with Gasteiger partial charge in [0, 0.05) is 32.4 Å². The summed E-state index contributed by atoms with van der Waals surface area (Å²) in [4.78, 5) is 9.03. The third-order valence-corrected chi connectivity index (χ3v) is 4.04. The molecule has 0 saturated carbocycles. The van der Waals surface area contributed by atoms with Gasteiger partial charge in [-0.3, -0.25) is 0 Å². The summed E-state index contributed by atoms with van der Waals surface area (Å²) in [5, 5.41) is 0.661. The van der Waals surface area contributed by atoms with Gasteiger partial charge >= 0.3 is 0 Å². The van der Waals surface area contributed by atoms with Crippen molar-refractivity contribution in [1.29, 1.82) is 0 Å². The van der Waals surface area contributed by atoms with Crippen LogP contribution in [-0.2, 0) is 6.54 Å². The van der Waals surface area contributed by atoms with Crippen molar-refractivity contribution in [3.63, 3.8) is 0 Å². The fourth-order valence-corrected chi connectivity index (χ4v) is 2.84. The Balaban J connectivity index is 1.97. The molecule has 1 fully saturated rings. The van der Waals surface area contributed by atoms with Crippen LogP contribution < -0.4 is 10.6 Å². The molecule has 106 valence electrons. The predicted molar refractivity (Wildman–Crippen MR) is 80.6 cm³/mol. The van der Waals surface area contributed by atoms with Gasteiger partial charge in [-0.1, -0.05) is 11.6 Å². The minimum absolute atomic E-state index is 0.464. The van der Waals surface area contributed by atoms with Crippen LogP contribution >= 0.6 is 11.6 Å². The second-order valence-electron chi connectivity index (χ2n) is 5.53. The molecule has 1 aliphatic heterocycles. The third-order valence-electron chi connectivity index (χ3n) is 3.70. The van der Waals surface area contributed by atoms with Gasteiger partial charge in [0.05, 0.1) is 5.02 Å². The Morgan fingerprint density at radius 2 is 2.11 bits per heavy atom. The minimum atomic E-state index is 0.464. The van der Waals surface area contributed by atoms with Crippen molar-refractivity contribution in [2.75, 3.05) is 38.6 Å². The highest BCUT2D eigenvalue weighted by molar-refractivity contribution is 6.31. The van der Waals surface area contributed by atoms with Gasteiger partial charge < -0.3 is 15.5 Å². The average molecular weight is 283 g/mol. The van der Waals surface area contributed by atoms with E-state index in [9.17, 15) is 0 Å². The van der Waals surface area contributed by atoms with E-state index in [0.29, 0.717) is 11.6 Å². The number of hydrogen-bond acceptors (Lipinski definition) is 4. The number of piperidine rings is 1. The number of pyridine rings is 1. The van der Waals surface area contributed by atoms with Gasteiger partial charge in [0.2, 0.25) is 0 Å². The van der Waals surface area contributed by atoms with Crippen molar-refractivity contribution in [2.24, 2.45) is 11.7 Å². The maximum absolute atomic E-state index is 6.05. The molecule has 1 aliphatic rings. The van der Waals surface area contributed by atoms with Crippen LogP contribution in [0.5, 0.6) is 0 Å². The summed E-state index contributed by atoms with van der Waals surface area (Å²) in [6.07, 6.45) is 4.16. The number of hydrogen-bond donors (Lipinski definition) is 1. The standard InChI is InChI=1S/C14H23ClN4/c1-18(2)10-11-3-5-19(6-4-11)14-7-12(8-16)13(15)9-17-14/h7,9,11H,3-6,8,10,16H2,1-2H3. The molecule has 0 amide bonds. The van der Waals surface area contributed by atoms with Gasteiger partial charge in [-0.25, -0.2) is 4.98 Å². The van der Waals surface area contributed by atoms with E-state index in [1.165, 1.54) is 19.4 Å². The van der Waals surface area contributed by atoms with Gasteiger partial charge in [-0.05, 0) is 44.5 Å². The molecule has 4 nitrogen and oxygen atoms in total. The molecule has 2 rings (SSSR count).